The third kappa shape index (κ3) is 2.99. The quantitative estimate of drug-likeness (QED) is 0.751. The summed E-state index contributed by atoms with van der Waals surface area (Å²) in [5.41, 5.74) is 1.00. The number of nitrogens with zero attached hydrogens (tertiary/aromatic N) is 2. The molecule has 6 heteroatoms. The Morgan fingerprint density at radius 1 is 1.05 bits per heavy atom. The van der Waals surface area contributed by atoms with Crippen molar-refractivity contribution in [3.05, 3.63) is 59.2 Å². The van der Waals surface area contributed by atoms with Crippen molar-refractivity contribution < 1.29 is 9.53 Å². The highest BCUT2D eigenvalue weighted by atomic mass is 35.5. The van der Waals surface area contributed by atoms with Crippen molar-refractivity contribution in [2.45, 2.75) is 0 Å². The van der Waals surface area contributed by atoms with E-state index in [0.29, 0.717) is 27.9 Å². The Kier molecular flexibility index (Phi) is 3.89. The van der Waals surface area contributed by atoms with Gasteiger partial charge in [-0.15, -0.1) is 0 Å². The summed E-state index contributed by atoms with van der Waals surface area (Å²) in [5.74, 6) is 0.860. The second kappa shape index (κ2) is 5.99. The number of carbonyl (C=O) groups excluding carboxylic acids is 1. The number of aromatic nitrogens is 2. The van der Waals surface area contributed by atoms with E-state index in [1.807, 2.05) is 12.1 Å². The molecule has 110 valence electrons. The Labute approximate surface area is 131 Å². The molecule has 0 spiro atoms. The van der Waals surface area contributed by atoms with E-state index in [9.17, 15) is 4.79 Å². The molecule has 0 aliphatic carbocycles. The highest BCUT2D eigenvalue weighted by Crippen LogP contribution is 2.17. The maximum atomic E-state index is 12.2. The smallest absolute Gasteiger partial charge is 0.256 e. The maximum Gasteiger partial charge on any atom is 0.256 e. The third-order valence-corrected chi connectivity index (χ3v) is 3.32. The van der Waals surface area contributed by atoms with Crippen LogP contribution in [-0.4, -0.2) is 23.0 Å². The summed E-state index contributed by atoms with van der Waals surface area (Å²) in [7, 11) is 1.58. The Hall–Kier alpha value is -2.66. The first-order valence-electron chi connectivity index (χ1n) is 6.54. The number of carbonyl (C=O) groups is 1. The predicted molar refractivity (Wildman–Crippen MR) is 85.5 cm³/mol. The standard InChI is InChI=1S/C16H12ClN3O2/c1-22-12-6-2-11(3-7-12)16(21)20-14-9-5-10-4-8-13(17)18-15(10)19-14/h2-9H,1H3,(H,18,19,20,21). The van der Waals surface area contributed by atoms with Crippen molar-refractivity contribution in [1.82, 2.24) is 9.97 Å². The van der Waals surface area contributed by atoms with Crippen molar-refractivity contribution in [3.63, 3.8) is 0 Å². The molecule has 0 aliphatic heterocycles. The van der Waals surface area contributed by atoms with Gasteiger partial charge in [-0.3, -0.25) is 4.79 Å². The number of benzene rings is 1. The van der Waals surface area contributed by atoms with Crippen LogP contribution < -0.4 is 10.1 Å². The number of methoxy groups -OCH3 is 1. The van der Waals surface area contributed by atoms with Crippen molar-refractivity contribution in [2.75, 3.05) is 12.4 Å². The topological polar surface area (TPSA) is 64.1 Å². The molecule has 22 heavy (non-hydrogen) atoms. The zero-order chi connectivity index (χ0) is 15.5. The molecule has 3 rings (SSSR count). The average Bonchev–Trinajstić information content (AvgIpc) is 2.54. The molecule has 0 aliphatic rings. The highest BCUT2D eigenvalue weighted by Gasteiger charge is 2.08. The van der Waals surface area contributed by atoms with Gasteiger partial charge in [-0.25, -0.2) is 9.97 Å². The van der Waals surface area contributed by atoms with Crippen LogP contribution in [0.25, 0.3) is 11.0 Å². The molecule has 0 atom stereocenters. The van der Waals surface area contributed by atoms with Gasteiger partial charge in [0.1, 0.15) is 16.7 Å². The van der Waals surface area contributed by atoms with Gasteiger partial charge in [-0.2, -0.15) is 0 Å². The molecule has 3 aromatic rings. The summed E-state index contributed by atoms with van der Waals surface area (Å²) in [6, 6.07) is 13.9. The van der Waals surface area contributed by atoms with Crippen LogP contribution in [-0.2, 0) is 0 Å². The Morgan fingerprint density at radius 3 is 2.50 bits per heavy atom. The fourth-order valence-electron chi connectivity index (χ4n) is 1.98. The molecule has 0 unspecified atom stereocenters. The van der Waals surface area contributed by atoms with Gasteiger partial charge in [0.15, 0.2) is 5.65 Å². The number of pyridine rings is 2. The van der Waals surface area contributed by atoms with Crippen molar-refractivity contribution in [1.29, 1.82) is 0 Å². The van der Waals surface area contributed by atoms with Crippen LogP contribution in [0.2, 0.25) is 5.15 Å². The van der Waals surface area contributed by atoms with E-state index in [1.54, 1.807) is 43.5 Å². The number of rotatable bonds is 3. The fraction of sp³-hybridized carbons (Fsp3) is 0.0625. The van der Waals surface area contributed by atoms with Crippen LogP contribution >= 0.6 is 11.6 Å². The largest absolute Gasteiger partial charge is 0.497 e. The van der Waals surface area contributed by atoms with Crippen LogP contribution in [0.15, 0.2) is 48.5 Å². The molecular weight excluding hydrogens is 302 g/mol. The average molecular weight is 314 g/mol. The fourth-order valence-corrected chi connectivity index (χ4v) is 2.12. The lowest BCUT2D eigenvalue weighted by molar-refractivity contribution is 0.102. The number of hydrogen-bond acceptors (Lipinski definition) is 4. The summed E-state index contributed by atoms with van der Waals surface area (Å²) < 4.78 is 5.06. The SMILES string of the molecule is COc1ccc(C(=O)Nc2ccc3ccc(Cl)nc3n2)cc1. The Bertz CT molecular complexity index is 834. The number of ether oxygens (including phenoxy) is 1. The van der Waals surface area contributed by atoms with Gasteiger partial charge in [-0.1, -0.05) is 11.6 Å². The summed E-state index contributed by atoms with van der Waals surface area (Å²) in [5, 5.41) is 3.95. The van der Waals surface area contributed by atoms with Gasteiger partial charge >= 0.3 is 0 Å². The van der Waals surface area contributed by atoms with E-state index in [1.165, 1.54) is 0 Å². The minimum atomic E-state index is -0.253. The number of halogens is 1. The number of amides is 1. The summed E-state index contributed by atoms with van der Waals surface area (Å²) in [6.07, 6.45) is 0. The molecule has 1 aromatic carbocycles. The van der Waals surface area contributed by atoms with Gasteiger partial charge in [-0.05, 0) is 48.5 Å². The van der Waals surface area contributed by atoms with Gasteiger partial charge < -0.3 is 10.1 Å². The number of anilines is 1. The van der Waals surface area contributed by atoms with E-state index < -0.39 is 0 Å². The molecule has 2 aromatic heterocycles. The second-order valence-corrected chi connectivity index (χ2v) is 4.95. The van der Waals surface area contributed by atoms with Crippen molar-refractivity contribution >= 4 is 34.4 Å². The van der Waals surface area contributed by atoms with Crippen LogP contribution in [0.1, 0.15) is 10.4 Å². The molecule has 5 nitrogen and oxygen atoms in total. The normalized spacial score (nSPS) is 10.5. The zero-order valence-electron chi connectivity index (χ0n) is 11.7. The summed E-state index contributed by atoms with van der Waals surface area (Å²) in [4.78, 5) is 20.6. The van der Waals surface area contributed by atoms with Crippen LogP contribution in [0.4, 0.5) is 5.82 Å². The zero-order valence-corrected chi connectivity index (χ0v) is 12.5. The lowest BCUT2D eigenvalue weighted by Crippen LogP contribution is -2.12. The van der Waals surface area contributed by atoms with Gasteiger partial charge in [0, 0.05) is 10.9 Å². The van der Waals surface area contributed by atoms with Gasteiger partial charge in [0.05, 0.1) is 7.11 Å². The molecule has 0 saturated carbocycles. The van der Waals surface area contributed by atoms with E-state index in [0.717, 1.165) is 5.39 Å². The van der Waals surface area contributed by atoms with Gasteiger partial charge in [0.25, 0.3) is 5.91 Å². The van der Waals surface area contributed by atoms with Crippen LogP contribution in [0.3, 0.4) is 0 Å². The van der Waals surface area contributed by atoms with Gasteiger partial charge in [0.2, 0.25) is 0 Å². The highest BCUT2D eigenvalue weighted by molar-refractivity contribution is 6.29. The predicted octanol–water partition coefficient (Wildman–Crippen LogP) is 3.54. The lowest BCUT2D eigenvalue weighted by Gasteiger charge is -2.06. The van der Waals surface area contributed by atoms with E-state index in [2.05, 4.69) is 15.3 Å². The Morgan fingerprint density at radius 2 is 1.77 bits per heavy atom. The van der Waals surface area contributed by atoms with Crippen LogP contribution in [0, 0.1) is 0 Å². The van der Waals surface area contributed by atoms with E-state index in [4.69, 9.17) is 16.3 Å². The molecule has 0 radical (unpaired) electrons. The number of hydrogen-bond donors (Lipinski definition) is 1. The molecule has 0 fully saturated rings. The first-order valence-corrected chi connectivity index (χ1v) is 6.92. The monoisotopic (exact) mass is 313 g/mol. The minimum Gasteiger partial charge on any atom is -0.497 e. The minimum absolute atomic E-state index is 0.253. The molecule has 1 N–H and O–H groups in total. The van der Waals surface area contributed by atoms with Crippen LogP contribution in [0.5, 0.6) is 5.75 Å². The first-order chi connectivity index (χ1) is 10.7. The molecule has 0 bridgehead atoms. The number of fused-ring (bicyclic) bond motifs is 1. The molecule has 1 amide bonds. The second-order valence-electron chi connectivity index (χ2n) is 4.56. The van der Waals surface area contributed by atoms with Crippen molar-refractivity contribution in [3.8, 4) is 5.75 Å². The first kappa shape index (κ1) is 14.3. The van der Waals surface area contributed by atoms with Crippen molar-refractivity contribution in [2.24, 2.45) is 0 Å². The lowest BCUT2D eigenvalue weighted by atomic mass is 10.2. The summed E-state index contributed by atoms with van der Waals surface area (Å²) in [6.45, 7) is 0. The molecular formula is C16H12ClN3O2. The number of nitrogens with one attached hydrogen (secondary N) is 1. The van der Waals surface area contributed by atoms with E-state index in [-0.39, 0.29) is 5.91 Å². The third-order valence-electron chi connectivity index (χ3n) is 3.11. The Balaban J connectivity index is 1.83. The van der Waals surface area contributed by atoms with E-state index >= 15 is 0 Å². The summed E-state index contributed by atoms with van der Waals surface area (Å²) >= 11 is 5.85. The maximum absolute atomic E-state index is 12.2. The molecule has 0 saturated heterocycles. The molecule has 2 heterocycles.